The molecule has 0 radical (unpaired) electrons. The lowest BCUT2D eigenvalue weighted by Gasteiger charge is -2.31. The highest BCUT2D eigenvalue weighted by molar-refractivity contribution is 7.89. The quantitative estimate of drug-likeness (QED) is 0.787. The molecular weight excluding hydrogens is 366 g/mol. The van der Waals surface area contributed by atoms with Gasteiger partial charge >= 0.3 is 0 Å². The van der Waals surface area contributed by atoms with Crippen LogP contribution >= 0.6 is 0 Å². The number of para-hydroxylation sites is 1. The first-order chi connectivity index (χ1) is 13.1. The van der Waals surface area contributed by atoms with Crippen molar-refractivity contribution in [3.8, 4) is 17.2 Å². The molecule has 144 valence electrons. The number of piperidine rings is 1. The van der Waals surface area contributed by atoms with E-state index in [0.717, 1.165) is 18.6 Å². The Morgan fingerprint density at radius 1 is 0.963 bits per heavy atom. The Bertz CT molecular complexity index is 877. The number of hydrogen-bond donors (Lipinski definition) is 0. The van der Waals surface area contributed by atoms with Gasteiger partial charge in [-0.15, -0.1) is 0 Å². The topological polar surface area (TPSA) is 65.1 Å². The predicted molar refractivity (Wildman–Crippen MR) is 101 cm³/mol. The van der Waals surface area contributed by atoms with Crippen molar-refractivity contribution in [3.63, 3.8) is 0 Å². The van der Waals surface area contributed by atoms with Gasteiger partial charge in [0.05, 0.1) is 11.5 Å². The van der Waals surface area contributed by atoms with Crippen LogP contribution in [0.3, 0.4) is 0 Å². The maximum Gasteiger partial charge on any atom is 0.243 e. The molecule has 6 nitrogen and oxygen atoms in total. The summed E-state index contributed by atoms with van der Waals surface area (Å²) in [5.74, 6) is 2.30. The van der Waals surface area contributed by atoms with Crippen LogP contribution < -0.4 is 14.2 Å². The third kappa shape index (κ3) is 4.04. The molecule has 27 heavy (non-hydrogen) atoms. The minimum Gasteiger partial charge on any atom is -0.493 e. The highest BCUT2D eigenvalue weighted by atomic mass is 32.2. The molecule has 2 aromatic rings. The first-order valence-corrected chi connectivity index (χ1v) is 10.6. The van der Waals surface area contributed by atoms with Crippen molar-refractivity contribution >= 4 is 10.0 Å². The van der Waals surface area contributed by atoms with Gasteiger partial charge in [-0.2, -0.15) is 4.31 Å². The van der Waals surface area contributed by atoms with E-state index in [1.54, 1.807) is 22.5 Å². The van der Waals surface area contributed by atoms with Crippen molar-refractivity contribution in [1.29, 1.82) is 0 Å². The van der Waals surface area contributed by atoms with Crippen LogP contribution in [0.4, 0.5) is 0 Å². The summed E-state index contributed by atoms with van der Waals surface area (Å²) in [6, 6.07) is 14.5. The summed E-state index contributed by atoms with van der Waals surface area (Å²) in [7, 11) is -3.53. The van der Waals surface area contributed by atoms with E-state index in [0.29, 0.717) is 50.3 Å². The molecule has 0 atom stereocenters. The molecule has 0 aromatic heterocycles. The maximum absolute atomic E-state index is 13.0. The summed E-state index contributed by atoms with van der Waals surface area (Å²) in [4.78, 5) is 0.255. The molecule has 7 heteroatoms. The van der Waals surface area contributed by atoms with Gasteiger partial charge in [-0.3, -0.25) is 0 Å². The molecule has 0 aliphatic carbocycles. The van der Waals surface area contributed by atoms with Crippen molar-refractivity contribution < 1.29 is 22.6 Å². The predicted octanol–water partition coefficient (Wildman–Crippen LogP) is 2.94. The van der Waals surface area contributed by atoms with Gasteiger partial charge in [-0.25, -0.2) is 8.42 Å². The third-order valence-electron chi connectivity index (χ3n) is 4.95. The number of sulfonamides is 1. The van der Waals surface area contributed by atoms with Crippen LogP contribution in [-0.2, 0) is 10.0 Å². The number of rotatable bonds is 5. The molecule has 4 rings (SSSR count). The molecule has 2 heterocycles. The highest BCUT2D eigenvalue weighted by Crippen LogP contribution is 2.34. The van der Waals surface area contributed by atoms with Gasteiger partial charge in [0.1, 0.15) is 19.0 Å². The molecule has 1 saturated heterocycles. The average Bonchev–Trinajstić information content (AvgIpc) is 2.73. The van der Waals surface area contributed by atoms with Crippen LogP contribution in [0.2, 0.25) is 0 Å². The summed E-state index contributed by atoms with van der Waals surface area (Å²) in [5, 5.41) is 0. The Hall–Kier alpha value is -2.25. The fourth-order valence-electron chi connectivity index (χ4n) is 3.38. The van der Waals surface area contributed by atoms with Gasteiger partial charge in [0.2, 0.25) is 10.0 Å². The Balaban J connectivity index is 1.37. The van der Waals surface area contributed by atoms with Crippen molar-refractivity contribution in [2.24, 2.45) is 5.92 Å². The minimum absolute atomic E-state index is 0.255. The maximum atomic E-state index is 13.0. The molecule has 0 bridgehead atoms. The Labute approximate surface area is 159 Å². The highest BCUT2D eigenvalue weighted by Gasteiger charge is 2.30. The van der Waals surface area contributed by atoms with Crippen LogP contribution in [-0.4, -0.2) is 45.6 Å². The van der Waals surface area contributed by atoms with Crippen LogP contribution in [0.5, 0.6) is 17.2 Å². The molecule has 0 spiro atoms. The number of hydrogen-bond acceptors (Lipinski definition) is 5. The summed E-state index contributed by atoms with van der Waals surface area (Å²) in [5.41, 5.74) is 0. The van der Waals surface area contributed by atoms with E-state index in [4.69, 9.17) is 14.2 Å². The zero-order valence-corrected chi connectivity index (χ0v) is 15.9. The molecular formula is C20H23NO5S. The lowest BCUT2D eigenvalue weighted by Crippen LogP contribution is -2.39. The lowest BCUT2D eigenvalue weighted by atomic mass is 9.99. The van der Waals surface area contributed by atoms with Gasteiger partial charge in [0.25, 0.3) is 0 Å². The fraction of sp³-hybridized carbons (Fsp3) is 0.400. The van der Waals surface area contributed by atoms with E-state index >= 15 is 0 Å². The zero-order valence-electron chi connectivity index (χ0n) is 15.0. The molecule has 0 amide bonds. The SMILES string of the molecule is O=S(=O)(c1ccc2c(c1)OCCO2)N1CCC(COc2ccccc2)CC1. The Kier molecular flexibility index (Phi) is 5.22. The van der Waals surface area contributed by atoms with Gasteiger partial charge in [0.15, 0.2) is 11.5 Å². The molecule has 2 aliphatic heterocycles. The summed E-state index contributed by atoms with van der Waals surface area (Å²) in [6.07, 6.45) is 1.58. The van der Waals surface area contributed by atoms with Crippen molar-refractivity contribution in [3.05, 3.63) is 48.5 Å². The average molecular weight is 389 g/mol. The normalized spacial score (nSPS) is 18.2. The van der Waals surface area contributed by atoms with Crippen LogP contribution in [0, 0.1) is 5.92 Å². The number of ether oxygens (including phenoxy) is 3. The van der Waals surface area contributed by atoms with Crippen LogP contribution in [0.1, 0.15) is 12.8 Å². The first kappa shape index (κ1) is 18.1. The van der Waals surface area contributed by atoms with E-state index in [2.05, 4.69) is 0 Å². The number of benzene rings is 2. The molecule has 2 aromatic carbocycles. The van der Waals surface area contributed by atoms with Crippen molar-refractivity contribution in [2.75, 3.05) is 32.9 Å². The smallest absolute Gasteiger partial charge is 0.243 e. The van der Waals surface area contributed by atoms with E-state index in [1.165, 1.54) is 0 Å². The van der Waals surface area contributed by atoms with Gasteiger partial charge in [-0.05, 0) is 43.0 Å². The molecule has 0 unspecified atom stereocenters. The minimum atomic E-state index is -3.53. The second kappa shape index (κ2) is 7.78. The van der Waals surface area contributed by atoms with Gasteiger partial charge in [-0.1, -0.05) is 18.2 Å². The second-order valence-corrected chi connectivity index (χ2v) is 8.71. The summed E-state index contributed by atoms with van der Waals surface area (Å²) >= 11 is 0. The Morgan fingerprint density at radius 3 is 2.41 bits per heavy atom. The first-order valence-electron chi connectivity index (χ1n) is 9.20. The molecule has 2 aliphatic rings. The second-order valence-electron chi connectivity index (χ2n) is 6.78. The van der Waals surface area contributed by atoms with Crippen molar-refractivity contribution in [2.45, 2.75) is 17.7 Å². The lowest BCUT2D eigenvalue weighted by molar-refractivity contribution is 0.171. The van der Waals surface area contributed by atoms with Gasteiger partial charge < -0.3 is 14.2 Å². The molecule has 1 fully saturated rings. The largest absolute Gasteiger partial charge is 0.493 e. The Morgan fingerprint density at radius 2 is 1.67 bits per heavy atom. The van der Waals surface area contributed by atoms with E-state index in [9.17, 15) is 8.42 Å². The standard InChI is InChI=1S/C20H23NO5S/c22-27(23,18-6-7-19-20(14-18)25-13-12-24-19)21-10-8-16(9-11-21)15-26-17-4-2-1-3-5-17/h1-7,14,16H,8-13,15H2. The van der Waals surface area contributed by atoms with Gasteiger partial charge in [0, 0.05) is 19.2 Å². The van der Waals surface area contributed by atoms with E-state index in [1.807, 2.05) is 30.3 Å². The zero-order chi connectivity index (χ0) is 18.7. The van der Waals surface area contributed by atoms with Crippen LogP contribution in [0.25, 0.3) is 0 Å². The van der Waals surface area contributed by atoms with E-state index in [-0.39, 0.29) is 4.90 Å². The number of fused-ring (bicyclic) bond motifs is 1. The van der Waals surface area contributed by atoms with Crippen LogP contribution in [0.15, 0.2) is 53.4 Å². The monoisotopic (exact) mass is 389 g/mol. The number of nitrogens with zero attached hydrogens (tertiary/aromatic N) is 1. The third-order valence-corrected chi connectivity index (χ3v) is 6.85. The molecule has 0 saturated carbocycles. The van der Waals surface area contributed by atoms with E-state index < -0.39 is 10.0 Å². The van der Waals surface area contributed by atoms with Crippen molar-refractivity contribution in [1.82, 2.24) is 4.31 Å². The molecule has 0 N–H and O–H groups in total. The summed E-state index contributed by atoms with van der Waals surface area (Å²) < 4.78 is 44.3. The fourth-order valence-corrected chi connectivity index (χ4v) is 4.87. The summed E-state index contributed by atoms with van der Waals surface area (Å²) in [6.45, 7) is 2.53.